The molecule has 0 saturated heterocycles. The number of nitrogens with one attached hydrogen (secondary N) is 1. The van der Waals surface area contributed by atoms with Gasteiger partial charge in [0.15, 0.2) is 5.65 Å². The van der Waals surface area contributed by atoms with Crippen molar-refractivity contribution in [2.24, 2.45) is 19.3 Å². The van der Waals surface area contributed by atoms with Gasteiger partial charge in [0.1, 0.15) is 17.0 Å². The van der Waals surface area contributed by atoms with Gasteiger partial charge in [0.2, 0.25) is 0 Å². The minimum absolute atomic E-state index is 0.0347. The third-order valence-corrected chi connectivity index (χ3v) is 3.63. The Morgan fingerprint density at radius 3 is 2.58 bits per heavy atom. The van der Waals surface area contributed by atoms with E-state index < -0.39 is 21.9 Å². The quantitative estimate of drug-likeness (QED) is 0.429. The number of aryl methyl sites for hydroxylation is 1. The van der Waals surface area contributed by atoms with Crippen LogP contribution in [0.1, 0.15) is 0 Å². The maximum Gasteiger partial charge on any atom is 0.332 e. The van der Waals surface area contributed by atoms with Crippen LogP contribution in [0, 0.1) is 15.0 Å². The van der Waals surface area contributed by atoms with Crippen molar-refractivity contribution >= 4 is 22.5 Å². The van der Waals surface area contributed by atoms with Gasteiger partial charge in [0, 0.05) is 20.2 Å². The number of nitro groups is 1. The summed E-state index contributed by atoms with van der Waals surface area (Å²) in [6, 6.07) is 3.60. The van der Waals surface area contributed by atoms with Gasteiger partial charge in [-0.25, -0.2) is 9.78 Å². The second-order valence-electron chi connectivity index (χ2n) is 5.04. The maximum absolute atomic E-state index is 12.2. The number of aromatic nitrogens is 4. The number of imidazole rings is 1. The monoisotopic (exact) mass is 330 g/mol. The van der Waals surface area contributed by atoms with Crippen LogP contribution in [0.5, 0.6) is 0 Å². The number of hydrogen-bond acceptors (Lipinski definition) is 7. The van der Waals surface area contributed by atoms with Crippen LogP contribution in [0.4, 0.5) is 11.4 Å². The molecule has 0 atom stereocenters. The molecular formula is C13H10N6O5. The van der Waals surface area contributed by atoms with Crippen molar-refractivity contribution < 1.29 is 4.92 Å². The van der Waals surface area contributed by atoms with Crippen LogP contribution in [0.15, 0.2) is 33.0 Å². The van der Waals surface area contributed by atoms with Crippen LogP contribution in [-0.4, -0.2) is 24.0 Å². The minimum atomic E-state index is -0.686. The molecule has 0 unspecified atom stereocenters. The lowest BCUT2D eigenvalue weighted by Gasteiger charge is -2.00. The van der Waals surface area contributed by atoms with Gasteiger partial charge in [0.05, 0.1) is 10.5 Å². The number of nitrogens with zero attached hydrogens (tertiary/aromatic N) is 5. The first-order chi connectivity index (χ1) is 11.3. The molecule has 122 valence electrons. The fourth-order valence-corrected chi connectivity index (χ4v) is 2.38. The van der Waals surface area contributed by atoms with E-state index in [0.29, 0.717) is 0 Å². The second-order valence-corrected chi connectivity index (χ2v) is 5.04. The molecule has 2 heterocycles. The van der Waals surface area contributed by atoms with E-state index in [1.54, 1.807) is 0 Å². The zero-order valence-electron chi connectivity index (χ0n) is 12.5. The van der Waals surface area contributed by atoms with Crippen molar-refractivity contribution in [2.75, 3.05) is 0 Å². The van der Waals surface area contributed by atoms with Crippen LogP contribution in [0.2, 0.25) is 0 Å². The lowest BCUT2D eigenvalue weighted by Crippen LogP contribution is -2.36. The highest BCUT2D eigenvalue weighted by atomic mass is 16.6. The Bertz CT molecular complexity index is 1120. The molecule has 3 aromatic rings. The van der Waals surface area contributed by atoms with Crippen molar-refractivity contribution in [3.63, 3.8) is 0 Å². The summed E-state index contributed by atoms with van der Waals surface area (Å²) in [5, 5.41) is 13.9. The van der Waals surface area contributed by atoms with E-state index in [-0.39, 0.29) is 28.2 Å². The maximum atomic E-state index is 12.2. The number of benzene rings is 1. The SMILES string of the molecule is Cn1c(=O)c2[nH]c(-c3ccc(N=O)cc3[N+](=O)[O-])nc2n(C)c1=O. The minimum Gasteiger partial charge on any atom is -0.332 e. The molecule has 11 nitrogen and oxygen atoms in total. The Morgan fingerprint density at radius 2 is 1.96 bits per heavy atom. The van der Waals surface area contributed by atoms with Gasteiger partial charge in [0.25, 0.3) is 11.2 Å². The molecule has 0 aliphatic heterocycles. The normalized spacial score (nSPS) is 10.9. The first kappa shape index (κ1) is 15.3. The van der Waals surface area contributed by atoms with Crippen LogP contribution >= 0.6 is 0 Å². The number of nitro benzene ring substituents is 1. The van der Waals surface area contributed by atoms with E-state index >= 15 is 0 Å². The summed E-state index contributed by atoms with van der Waals surface area (Å²) >= 11 is 0. The highest BCUT2D eigenvalue weighted by molar-refractivity contribution is 5.79. The third-order valence-electron chi connectivity index (χ3n) is 3.63. The van der Waals surface area contributed by atoms with E-state index in [0.717, 1.165) is 15.2 Å². The lowest BCUT2D eigenvalue weighted by atomic mass is 10.1. The van der Waals surface area contributed by atoms with Crippen LogP contribution in [0.3, 0.4) is 0 Å². The second kappa shape index (κ2) is 5.22. The number of hydrogen-bond donors (Lipinski definition) is 1. The van der Waals surface area contributed by atoms with Crippen molar-refractivity contribution in [1.29, 1.82) is 0 Å². The molecule has 0 bridgehead atoms. The molecule has 1 N–H and O–H groups in total. The van der Waals surface area contributed by atoms with Gasteiger partial charge in [-0.2, -0.15) is 0 Å². The van der Waals surface area contributed by atoms with Crippen molar-refractivity contribution in [1.82, 2.24) is 19.1 Å². The summed E-state index contributed by atoms with van der Waals surface area (Å²) in [7, 11) is 2.75. The summed E-state index contributed by atoms with van der Waals surface area (Å²) in [6.07, 6.45) is 0. The Morgan fingerprint density at radius 1 is 1.25 bits per heavy atom. The predicted octanol–water partition coefficient (Wildman–Crippen LogP) is 0.933. The Balaban J connectivity index is 2.36. The van der Waals surface area contributed by atoms with Gasteiger partial charge in [-0.3, -0.25) is 24.0 Å². The van der Waals surface area contributed by atoms with E-state index in [4.69, 9.17) is 0 Å². The summed E-state index contributed by atoms with van der Waals surface area (Å²) in [5.74, 6) is 0.0347. The summed E-state index contributed by atoms with van der Waals surface area (Å²) in [6.45, 7) is 0. The van der Waals surface area contributed by atoms with Crippen LogP contribution in [0.25, 0.3) is 22.6 Å². The van der Waals surface area contributed by atoms with E-state index in [2.05, 4.69) is 15.1 Å². The standard InChI is InChI=1S/C13H10N6O5/c1-17-11-9(12(20)18(2)13(17)21)14-10(15-11)7-4-3-6(16-22)5-8(7)19(23)24/h3-5H,1-2H3,(H,14,15). The zero-order valence-corrected chi connectivity index (χ0v) is 12.5. The lowest BCUT2D eigenvalue weighted by molar-refractivity contribution is -0.384. The smallest absolute Gasteiger partial charge is 0.332 e. The molecule has 0 fully saturated rings. The first-order valence-corrected chi connectivity index (χ1v) is 6.63. The molecule has 0 spiro atoms. The topological polar surface area (TPSA) is 145 Å². The third kappa shape index (κ3) is 2.10. The van der Waals surface area contributed by atoms with E-state index in [1.165, 1.54) is 26.2 Å². The fourth-order valence-electron chi connectivity index (χ4n) is 2.38. The molecule has 0 radical (unpaired) electrons. The molecule has 11 heteroatoms. The predicted molar refractivity (Wildman–Crippen MR) is 84.1 cm³/mol. The Kier molecular flexibility index (Phi) is 3.32. The average molecular weight is 330 g/mol. The number of nitroso groups, excluding NO2 is 1. The number of H-pyrrole nitrogens is 1. The summed E-state index contributed by atoms with van der Waals surface area (Å²) in [5.41, 5.74) is -1.48. The van der Waals surface area contributed by atoms with Crippen molar-refractivity contribution in [3.8, 4) is 11.4 Å². The molecule has 0 aliphatic carbocycles. The van der Waals surface area contributed by atoms with Gasteiger partial charge >= 0.3 is 5.69 Å². The van der Waals surface area contributed by atoms with E-state index in [9.17, 15) is 24.6 Å². The summed E-state index contributed by atoms with van der Waals surface area (Å²) in [4.78, 5) is 52.0. The molecule has 0 aliphatic rings. The summed E-state index contributed by atoms with van der Waals surface area (Å²) < 4.78 is 2.06. The van der Waals surface area contributed by atoms with E-state index in [1.807, 2.05) is 0 Å². The van der Waals surface area contributed by atoms with Crippen LogP contribution in [-0.2, 0) is 14.1 Å². The molecule has 24 heavy (non-hydrogen) atoms. The Hall–Kier alpha value is -3.63. The molecule has 3 rings (SSSR count). The number of fused-ring (bicyclic) bond motifs is 1. The highest BCUT2D eigenvalue weighted by Gasteiger charge is 2.21. The zero-order chi connectivity index (χ0) is 17.6. The van der Waals surface area contributed by atoms with Gasteiger partial charge in [-0.05, 0) is 17.3 Å². The average Bonchev–Trinajstić information content (AvgIpc) is 3.02. The number of aromatic amines is 1. The Labute approximate surface area is 132 Å². The molecular weight excluding hydrogens is 320 g/mol. The largest absolute Gasteiger partial charge is 0.332 e. The highest BCUT2D eigenvalue weighted by Crippen LogP contribution is 2.32. The van der Waals surface area contributed by atoms with Crippen molar-refractivity contribution in [2.45, 2.75) is 0 Å². The van der Waals surface area contributed by atoms with Gasteiger partial charge in [-0.15, -0.1) is 4.91 Å². The van der Waals surface area contributed by atoms with Gasteiger partial charge < -0.3 is 4.98 Å². The molecule has 0 saturated carbocycles. The van der Waals surface area contributed by atoms with Crippen LogP contribution < -0.4 is 11.2 Å². The van der Waals surface area contributed by atoms with Crippen molar-refractivity contribution in [3.05, 3.63) is 54.1 Å². The first-order valence-electron chi connectivity index (χ1n) is 6.63. The molecule has 0 amide bonds. The molecule has 1 aromatic carbocycles. The molecule has 2 aromatic heterocycles. The fraction of sp³-hybridized carbons (Fsp3) is 0.154. The number of rotatable bonds is 3. The van der Waals surface area contributed by atoms with Gasteiger partial charge in [-0.1, -0.05) is 0 Å².